The van der Waals surface area contributed by atoms with Crippen LogP contribution in [0.1, 0.15) is 17.5 Å². The fraction of sp³-hybridized carbons (Fsp3) is 0.381. The van der Waals surface area contributed by atoms with Gasteiger partial charge in [0, 0.05) is 12.5 Å². The number of carbonyl (C=O) groups excluding carboxylic acids is 1. The third-order valence-electron chi connectivity index (χ3n) is 4.93. The number of hydrogen-bond acceptors (Lipinski definition) is 6. The van der Waals surface area contributed by atoms with Crippen molar-refractivity contribution in [2.45, 2.75) is 31.0 Å². The van der Waals surface area contributed by atoms with E-state index in [4.69, 9.17) is 8.92 Å². The molecule has 2 atom stereocenters. The van der Waals surface area contributed by atoms with Crippen LogP contribution < -0.4 is 0 Å². The molecule has 0 unspecified atom stereocenters. The van der Waals surface area contributed by atoms with Crippen LogP contribution in [0.3, 0.4) is 0 Å². The monoisotopic (exact) mass is 419 g/mol. The highest BCUT2D eigenvalue weighted by molar-refractivity contribution is 7.86. The molecule has 29 heavy (non-hydrogen) atoms. The van der Waals surface area contributed by atoms with Crippen LogP contribution in [0.2, 0.25) is 0 Å². The highest BCUT2D eigenvalue weighted by atomic mass is 32.2. The van der Waals surface area contributed by atoms with E-state index in [1.165, 1.54) is 17.0 Å². The summed E-state index contributed by atoms with van der Waals surface area (Å²) in [7, 11) is -3.89. The van der Waals surface area contributed by atoms with Gasteiger partial charge in [-0.15, -0.1) is 0 Å². The quantitative estimate of drug-likeness (QED) is 0.724. The molecule has 0 radical (unpaired) electrons. The van der Waals surface area contributed by atoms with Gasteiger partial charge in [-0.3, -0.25) is 4.18 Å². The van der Waals surface area contributed by atoms with Gasteiger partial charge in [0.1, 0.15) is 6.61 Å². The Kier molecular flexibility index (Phi) is 6.89. The molecule has 1 fully saturated rings. The molecule has 0 aliphatic carbocycles. The number of nitrogens with zero attached hydrogens (tertiary/aromatic N) is 1. The molecule has 1 aliphatic heterocycles. The highest BCUT2D eigenvalue weighted by Crippen LogP contribution is 2.22. The number of aryl methyl sites for hydroxylation is 1. The Balaban J connectivity index is 1.48. The number of carbonyl (C=O) groups is 1. The first-order chi connectivity index (χ1) is 13.8. The zero-order chi connectivity index (χ0) is 20.9. The Hall–Kier alpha value is -2.42. The van der Waals surface area contributed by atoms with Gasteiger partial charge in [-0.05, 0) is 31.0 Å². The molecule has 1 aliphatic rings. The summed E-state index contributed by atoms with van der Waals surface area (Å²) in [5.74, 6) is -0.381. The van der Waals surface area contributed by atoms with E-state index in [0.717, 1.165) is 11.1 Å². The lowest BCUT2D eigenvalue weighted by Crippen LogP contribution is -2.48. The van der Waals surface area contributed by atoms with Crippen molar-refractivity contribution in [3.63, 3.8) is 0 Å². The molecule has 1 saturated heterocycles. The van der Waals surface area contributed by atoms with Gasteiger partial charge in [0.25, 0.3) is 10.1 Å². The van der Waals surface area contributed by atoms with Crippen LogP contribution in [-0.2, 0) is 25.6 Å². The standard InChI is InChI=1S/C21H25NO6S/c1-16-7-9-19(10-8-16)29(25,26)28-15-18-11-12-22(13-20(18)23)21(24)27-14-17-5-3-2-4-6-17/h2-10,18,20,23H,11-15H2,1H3/t18-,20-/m0/s1. The molecule has 3 rings (SSSR count). The van der Waals surface area contributed by atoms with E-state index in [0.29, 0.717) is 13.0 Å². The minimum Gasteiger partial charge on any atom is -0.445 e. The fourth-order valence-corrected chi connectivity index (χ4v) is 4.06. The Morgan fingerprint density at radius 1 is 1.14 bits per heavy atom. The molecule has 2 aromatic rings. The van der Waals surface area contributed by atoms with Crippen molar-refractivity contribution in [3.05, 3.63) is 65.7 Å². The lowest BCUT2D eigenvalue weighted by Gasteiger charge is -2.34. The van der Waals surface area contributed by atoms with Crippen LogP contribution >= 0.6 is 0 Å². The van der Waals surface area contributed by atoms with Crippen molar-refractivity contribution in [2.75, 3.05) is 19.7 Å². The van der Waals surface area contributed by atoms with Crippen molar-refractivity contribution in [1.29, 1.82) is 0 Å². The molecule has 1 N–H and O–H groups in total. The molecular weight excluding hydrogens is 394 g/mol. The molecule has 0 aromatic heterocycles. The average molecular weight is 419 g/mol. The lowest BCUT2D eigenvalue weighted by molar-refractivity contribution is -0.000415. The largest absolute Gasteiger partial charge is 0.445 e. The zero-order valence-electron chi connectivity index (χ0n) is 16.2. The van der Waals surface area contributed by atoms with E-state index in [-0.39, 0.29) is 30.6 Å². The first-order valence-corrected chi connectivity index (χ1v) is 10.9. The van der Waals surface area contributed by atoms with Crippen LogP contribution in [0, 0.1) is 12.8 Å². The molecule has 0 saturated carbocycles. The van der Waals surface area contributed by atoms with E-state index in [1.807, 2.05) is 37.3 Å². The van der Waals surface area contributed by atoms with Crippen molar-refractivity contribution in [1.82, 2.24) is 4.90 Å². The maximum absolute atomic E-state index is 12.3. The maximum Gasteiger partial charge on any atom is 0.410 e. The molecule has 8 heteroatoms. The number of piperidine rings is 1. The van der Waals surface area contributed by atoms with Gasteiger partial charge >= 0.3 is 6.09 Å². The number of aliphatic hydroxyl groups is 1. The summed E-state index contributed by atoms with van der Waals surface area (Å²) in [5, 5.41) is 10.4. The topological polar surface area (TPSA) is 93.1 Å². The normalized spacial score (nSPS) is 19.7. The van der Waals surface area contributed by atoms with E-state index >= 15 is 0 Å². The minimum absolute atomic E-state index is 0.0756. The first kappa shape index (κ1) is 21.3. The average Bonchev–Trinajstić information content (AvgIpc) is 2.72. The van der Waals surface area contributed by atoms with E-state index in [1.54, 1.807) is 12.1 Å². The smallest absolute Gasteiger partial charge is 0.410 e. The summed E-state index contributed by atoms with van der Waals surface area (Å²) in [5.41, 5.74) is 1.83. The number of β-amino-alcohol motifs (C(OH)–C–C–N with tert-alkyl or cyclic N) is 1. The third-order valence-corrected chi connectivity index (χ3v) is 6.23. The number of amides is 1. The summed E-state index contributed by atoms with van der Waals surface area (Å²) >= 11 is 0. The lowest BCUT2D eigenvalue weighted by atomic mass is 9.95. The van der Waals surface area contributed by atoms with Crippen LogP contribution in [0.25, 0.3) is 0 Å². The van der Waals surface area contributed by atoms with Crippen LogP contribution in [0.15, 0.2) is 59.5 Å². The van der Waals surface area contributed by atoms with Gasteiger partial charge in [-0.2, -0.15) is 8.42 Å². The summed E-state index contributed by atoms with van der Waals surface area (Å²) in [6.07, 6.45) is -0.967. The molecule has 1 heterocycles. The Bertz CT molecular complexity index is 914. The van der Waals surface area contributed by atoms with Gasteiger partial charge < -0.3 is 14.7 Å². The van der Waals surface area contributed by atoms with E-state index < -0.39 is 22.3 Å². The number of rotatable bonds is 6. The predicted octanol–water partition coefficient (Wildman–Crippen LogP) is 2.72. The zero-order valence-corrected chi connectivity index (χ0v) is 17.0. The van der Waals surface area contributed by atoms with Crippen LogP contribution in [0.4, 0.5) is 4.79 Å². The maximum atomic E-state index is 12.3. The number of aliphatic hydroxyl groups excluding tert-OH is 1. The Morgan fingerprint density at radius 3 is 2.48 bits per heavy atom. The molecule has 7 nitrogen and oxygen atoms in total. The Labute approximate surface area is 171 Å². The van der Waals surface area contributed by atoms with Crippen molar-refractivity contribution < 1.29 is 27.2 Å². The van der Waals surface area contributed by atoms with E-state index in [2.05, 4.69) is 0 Å². The van der Waals surface area contributed by atoms with E-state index in [9.17, 15) is 18.3 Å². The summed E-state index contributed by atoms with van der Waals surface area (Å²) in [6.45, 7) is 2.33. The van der Waals surface area contributed by atoms with Crippen molar-refractivity contribution in [3.8, 4) is 0 Å². The second-order valence-corrected chi connectivity index (χ2v) is 8.77. The molecular formula is C21H25NO6S. The van der Waals surface area contributed by atoms with Crippen molar-refractivity contribution >= 4 is 16.2 Å². The van der Waals surface area contributed by atoms with Gasteiger partial charge in [0.15, 0.2) is 0 Å². The van der Waals surface area contributed by atoms with Crippen molar-refractivity contribution in [2.24, 2.45) is 5.92 Å². The number of likely N-dealkylation sites (tertiary alicyclic amines) is 1. The summed E-state index contributed by atoms with van der Waals surface area (Å²) in [6, 6.07) is 15.7. The predicted molar refractivity (Wildman–Crippen MR) is 107 cm³/mol. The Morgan fingerprint density at radius 2 is 1.83 bits per heavy atom. The minimum atomic E-state index is -3.89. The third kappa shape index (κ3) is 5.79. The van der Waals surface area contributed by atoms with Gasteiger partial charge in [0.05, 0.1) is 24.2 Å². The molecule has 0 spiro atoms. The second-order valence-electron chi connectivity index (χ2n) is 7.15. The number of benzene rings is 2. The number of hydrogen-bond donors (Lipinski definition) is 1. The SMILES string of the molecule is Cc1ccc(S(=O)(=O)OC[C@@H]2CCN(C(=O)OCc3ccccc3)C[C@@H]2O)cc1. The van der Waals surface area contributed by atoms with Gasteiger partial charge in [0.2, 0.25) is 0 Å². The fourth-order valence-electron chi connectivity index (χ4n) is 3.10. The molecule has 2 aromatic carbocycles. The summed E-state index contributed by atoms with van der Waals surface area (Å²) in [4.78, 5) is 13.7. The first-order valence-electron chi connectivity index (χ1n) is 9.45. The van der Waals surface area contributed by atoms with Gasteiger partial charge in [-0.25, -0.2) is 4.79 Å². The van der Waals surface area contributed by atoms with Crippen LogP contribution in [-0.4, -0.2) is 50.3 Å². The highest BCUT2D eigenvalue weighted by Gasteiger charge is 2.32. The number of ether oxygens (including phenoxy) is 1. The summed E-state index contributed by atoms with van der Waals surface area (Å²) < 4.78 is 35.0. The molecule has 0 bridgehead atoms. The molecule has 1 amide bonds. The van der Waals surface area contributed by atoms with Gasteiger partial charge in [-0.1, -0.05) is 48.0 Å². The molecule has 156 valence electrons. The van der Waals surface area contributed by atoms with Crippen LogP contribution in [0.5, 0.6) is 0 Å². The second kappa shape index (κ2) is 9.39.